The van der Waals surface area contributed by atoms with Gasteiger partial charge >= 0.3 is 5.97 Å². The van der Waals surface area contributed by atoms with Gasteiger partial charge in [-0.1, -0.05) is 65.9 Å². The van der Waals surface area contributed by atoms with E-state index in [0.717, 1.165) is 22.4 Å². The number of carbonyl (C=O) groups excluding carboxylic acids is 1. The molecule has 3 aromatic carbocycles. The van der Waals surface area contributed by atoms with Gasteiger partial charge in [0.15, 0.2) is 4.80 Å². The van der Waals surface area contributed by atoms with Crippen molar-refractivity contribution in [3.05, 3.63) is 127 Å². The monoisotopic (exact) mass is 553 g/mol. The fraction of sp³-hybridized carbons (Fsp3) is 0.219. The van der Waals surface area contributed by atoms with Crippen LogP contribution in [0.25, 0.3) is 6.08 Å². The van der Waals surface area contributed by atoms with Gasteiger partial charge in [-0.15, -0.1) is 0 Å². The van der Waals surface area contributed by atoms with Crippen molar-refractivity contribution in [2.24, 2.45) is 4.99 Å². The van der Waals surface area contributed by atoms with Crippen molar-refractivity contribution in [2.75, 3.05) is 25.6 Å². The predicted octanol–water partition coefficient (Wildman–Crippen LogP) is 4.44. The van der Waals surface area contributed by atoms with Crippen LogP contribution in [0.15, 0.2) is 99.9 Å². The minimum absolute atomic E-state index is 0.213. The molecule has 0 spiro atoms. The molecule has 40 heavy (non-hydrogen) atoms. The summed E-state index contributed by atoms with van der Waals surface area (Å²) in [5.74, 6) is 0.243. The summed E-state index contributed by atoms with van der Waals surface area (Å²) in [5.41, 5.74) is 4.45. The molecule has 0 saturated heterocycles. The normalized spacial score (nSPS) is 14.9. The molecule has 1 unspecified atom stereocenters. The van der Waals surface area contributed by atoms with Gasteiger partial charge in [-0.2, -0.15) is 0 Å². The molecular weight excluding hydrogens is 522 g/mol. The summed E-state index contributed by atoms with van der Waals surface area (Å²) in [6.07, 6.45) is 1.84. The van der Waals surface area contributed by atoms with Crippen LogP contribution < -0.4 is 24.5 Å². The lowest BCUT2D eigenvalue weighted by Crippen LogP contribution is -2.39. The van der Waals surface area contributed by atoms with Crippen LogP contribution in [0.3, 0.4) is 0 Å². The van der Waals surface area contributed by atoms with Crippen molar-refractivity contribution in [3.8, 4) is 5.75 Å². The maximum Gasteiger partial charge on any atom is 0.338 e. The van der Waals surface area contributed by atoms with Crippen molar-refractivity contribution in [3.63, 3.8) is 0 Å². The van der Waals surface area contributed by atoms with Gasteiger partial charge in [-0.25, -0.2) is 9.79 Å². The smallest absolute Gasteiger partial charge is 0.338 e. The minimum Gasteiger partial charge on any atom is -0.489 e. The van der Waals surface area contributed by atoms with E-state index in [1.54, 1.807) is 18.4 Å². The quantitative estimate of drug-likeness (QED) is 0.302. The molecule has 0 radical (unpaired) electrons. The Morgan fingerprint density at radius 1 is 1.05 bits per heavy atom. The minimum atomic E-state index is -0.644. The first-order valence-electron chi connectivity index (χ1n) is 13.1. The number of nitrogens with zero attached hydrogens (tertiary/aromatic N) is 3. The zero-order chi connectivity index (χ0) is 28.2. The number of esters is 1. The van der Waals surface area contributed by atoms with E-state index in [1.165, 1.54) is 11.3 Å². The fourth-order valence-corrected chi connectivity index (χ4v) is 5.69. The van der Waals surface area contributed by atoms with Gasteiger partial charge in [0, 0.05) is 19.8 Å². The van der Waals surface area contributed by atoms with E-state index in [4.69, 9.17) is 9.47 Å². The van der Waals surface area contributed by atoms with Gasteiger partial charge in [-0.05, 0) is 60.9 Å². The molecule has 0 amide bonds. The summed E-state index contributed by atoms with van der Waals surface area (Å²) in [6.45, 7) is 4.24. The van der Waals surface area contributed by atoms with Crippen LogP contribution in [0.5, 0.6) is 5.75 Å². The van der Waals surface area contributed by atoms with E-state index in [1.807, 2.05) is 104 Å². The van der Waals surface area contributed by atoms with Crippen LogP contribution in [-0.4, -0.2) is 31.2 Å². The topological polar surface area (TPSA) is 73.1 Å². The van der Waals surface area contributed by atoms with Gasteiger partial charge in [-0.3, -0.25) is 9.36 Å². The first-order valence-corrected chi connectivity index (χ1v) is 13.9. The maximum absolute atomic E-state index is 13.9. The van der Waals surface area contributed by atoms with Crippen molar-refractivity contribution in [2.45, 2.75) is 26.5 Å². The highest BCUT2D eigenvalue weighted by molar-refractivity contribution is 7.07. The summed E-state index contributed by atoms with van der Waals surface area (Å²) in [7, 11) is 3.93. The average molecular weight is 554 g/mol. The number of carbonyl (C=O) groups is 1. The van der Waals surface area contributed by atoms with Gasteiger partial charge in [0.2, 0.25) is 0 Å². The van der Waals surface area contributed by atoms with E-state index in [2.05, 4.69) is 4.99 Å². The molecule has 7 nitrogen and oxygen atoms in total. The third kappa shape index (κ3) is 5.62. The van der Waals surface area contributed by atoms with E-state index >= 15 is 0 Å². The van der Waals surface area contributed by atoms with Gasteiger partial charge in [0.1, 0.15) is 12.4 Å². The molecule has 1 aliphatic heterocycles. The van der Waals surface area contributed by atoms with Crippen LogP contribution in [0.2, 0.25) is 0 Å². The number of aromatic nitrogens is 1. The lowest BCUT2D eigenvalue weighted by molar-refractivity contribution is -0.139. The summed E-state index contributed by atoms with van der Waals surface area (Å²) < 4.78 is 13.5. The Morgan fingerprint density at radius 3 is 2.50 bits per heavy atom. The largest absolute Gasteiger partial charge is 0.489 e. The van der Waals surface area contributed by atoms with Crippen LogP contribution in [-0.2, 0) is 16.1 Å². The van der Waals surface area contributed by atoms with Gasteiger partial charge < -0.3 is 14.4 Å². The maximum atomic E-state index is 13.9. The lowest BCUT2D eigenvalue weighted by atomic mass is 9.95. The highest BCUT2D eigenvalue weighted by atomic mass is 32.1. The summed E-state index contributed by atoms with van der Waals surface area (Å²) in [4.78, 5) is 34.2. The van der Waals surface area contributed by atoms with Crippen LogP contribution in [0.1, 0.15) is 36.6 Å². The Bertz CT molecular complexity index is 1740. The number of anilines is 1. The molecule has 1 atom stereocenters. The molecule has 0 bridgehead atoms. The predicted molar refractivity (Wildman–Crippen MR) is 158 cm³/mol. The second kappa shape index (κ2) is 11.8. The number of benzene rings is 3. The number of hydrogen-bond acceptors (Lipinski definition) is 7. The Balaban J connectivity index is 1.56. The number of fused-ring (bicyclic) bond motifs is 1. The third-order valence-corrected chi connectivity index (χ3v) is 7.63. The molecule has 0 saturated carbocycles. The number of allylic oxidation sites excluding steroid dienone is 1. The van der Waals surface area contributed by atoms with Crippen LogP contribution >= 0.6 is 11.3 Å². The molecule has 0 N–H and O–H groups in total. The Hall–Kier alpha value is -4.43. The zero-order valence-corrected chi connectivity index (χ0v) is 23.8. The van der Waals surface area contributed by atoms with E-state index in [0.29, 0.717) is 33.0 Å². The van der Waals surface area contributed by atoms with Gasteiger partial charge in [0.25, 0.3) is 5.56 Å². The van der Waals surface area contributed by atoms with E-state index in [-0.39, 0.29) is 12.2 Å². The number of thiazole rings is 1. The Morgan fingerprint density at radius 2 is 1.80 bits per heavy atom. The van der Waals surface area contributed by atoms with Crippen LogP contribution in [0, 0.1) is 0 Å². The summed E-state index contributed by atoms with van der Waals surface area (Å²) in [5, 5.41) is 0. The number of hydrogen-bond donors (Lipinski definition) is 0. The molecule has 2 heterocycles. The van der Waals surface area contributed by atoms with E-state index in [9.17, 15) is 9.59 Å². The first kappa shape index (κ1) is 27.1. The number of ether oxygens (including phenoxy) is 2. The van der Waals surface area contributed by atoms with Crippen molar-refractivity contribution in [1.82, 2.24) is 4.57 Å². The average Bonchev–Trinajstić information content (AvgIpc) is 3.26. The molecule has 8 heteroatoms. The molecule has 204 valence electrons. The molecular formula is C32H31N3O4S. The second-order valence-electron chi connectivity index (χ2n) is 9.63. The van der Waals surface area contributed by atoms with Crippen LogP contribution in [0.4, 0.5) is 5.69 Å². The molecule has 1 aromatic heterocycles. The first-order chi connectivity index (χ1) is 19.4. The summed E-state index contributed by atoms with van der Waals surface area (Å²) in [6, 6.07) is 24.8. The van der Waals surface area contributed by atoms with Gasteiger partial charge in [0.05, 0.1) is 28.5 Å². The SMILES string of the molecule is CCOC(=O)C1=C(C)N=c2sc(=Cc3cccc(OCc4ccccc4)c3)c(=O)n2C1c1ccc(N(C)C)cc1. The highest BCUT2D eigenvalue weighted by Crippen LogP contribution is 2.31. The Kier molecular flexibility index (Phi) is 7.98. The third-order valence-electron chi connectivity index (χ3n) is 6.65. The fourth-order valence-electron chi connectivity index (χ4n) is 4.65. The molecule has 0 fully saturated rings. The zero-order valence-electron chi connectivity index (χ0n) is 23.0. The molecule has 1 aliphatic rings. The second-order valence-corrected chi connectivity index (χ2v) is 10.6. The molecule has 0 aliphatic carbocycles. The molecule has 5 rings (SSSR count). The van der Waals surface area contributed by atoms with Crippen molar-refractivity contribution >= 4 is 29.1 Å². The lowest BCUT2D eigenvalue weighted by Gasteiger charge is -2.25. The molecule has 4 aromatic rings. The summed E-state index contributed by atoms with van der Waals surface area (Å²) >= 11 is 1.30. The highest BCUT2D eigenvalue weighted by Gasteiger charge is 2.33. The Labute approximate surface area is 237 Å². The van der Waals surface area contributed by atoms with E-state index < -0.39 is 12.0 Å². The van der Waals surface area contributed by atoms with Crippen molar-refractivity contribution < 1.29 is 14.3 Å². The standard InChI is InChI=1S/C32H31N3O4S/c1-5-38-31(37)28-21(2)33-32-35(29(28)24-14-16-25(17-15-24)34(3)4)30(36)27(40-32)19-23-12-9-13-26(18-23)39-20-22-10-7-6-8-11-22/h6-19,29H,5,20H2,1-4H3. The number of rotatable bonds is 8. The van der Waals surface area contributed by atoms with Crippen molar-refractivity contribution in [1.29, 1.82) is 0 Å².